The van der Waals surface area contributed by atoms with Gasteiger partial charge in [0.1, 0.15) is 0 Å². The van der Waals surface area contributed by atoms with E-state index in [1.807, 2.05) is 6.07 Å². The number of rotatable bonds is 4. The van der Waals surface area contributed by atoms with Gasteiger partial charge in [-0.1, -0.05) is 178 Å². The van der Waals surface area contributed by atoms with Crippen LogP contribution in [0, 0.1) is 47.6 Å². The normalized spacial score (nSPS) is 11.2. The minimum atomic E-state index is 0. The molecule has 2 heteroatoms. The Morgan fingerprint density at radius 1 is 0.403 bits per heavy atom. The SMILES string of the molecule is Cc1cc(C)c(C)c(-c2cccc3[cH-]c(-c4ccccc4)cc23)c1.Cc1cc(C)c(C)c(-c2cccc3[cH-]c(-c4ccccc4)cc23)c1.[Zr+3].[c-]1cccc2c1[Si]c1ccccc1-2. The predicted molar refractivity (Wildman–Crippen MR) is 265 cm³/mol. The molecule has 1 aliphatic heterocycles. The Morgan fingerprint density at radius 2 is 0.855 bits per heavy atom. The summed E-state index contributed by atoms with van der Waals surface area (Å²) in [6.07, 6.45) is 0. The van der Waals surface area contributed by atoms with Gasteiger partial charge in [0.15, 0.2) is 0 Å². The van der Waals surface area contributed by atoms with Gasteiger partial charge in [-0.2, -0.15) is 29.5 Å². The maximum atomic E-state index is 3.31. The number of hydrogen-bond donors (Lipinski definition) is 0. The molecule has 3 radical (unpaired) electrons. The van der Waals surface area contributed by atoms with Crippen molar-refractivity contribution in [1.82, 2.24) is 0 Å². The first-order valence-electron chi connectivity index (χ1n) is 21.2. The van der Waals surface area contributed by atoms with Crippen molar-refractivity contribution < 1.29 is 26.2 Å². The monoisotopic (exact) mass is 887 g/mol. The van der Waals surface area contributed by atoms with Crippen LogP contribution in [0.15, 0.2) is 188 Å². The molecule has 0 saturated heterocycles. The molecular formula is C60H49SiZr. The molecule has 1 aliphatic rings. The van der Waals surface area contributed by atoms with Crippen LogP contribution in [-0.4, -0.2) is 9.52 Å². The molecule has 0 saturated carbocycles. The molecule has 0 fully saturated rings. The van der Waals surface area contributed by atoms with Crippen LogP contribution < -0.4 is 10.4 Å². The van der Waals surface area contributed by atoms with Gasteiger partial charge >= 0.3 is 26.2 Å². The minimum Gasteiger partial charge on any atom is -0.184 e. The van der Waals surface area contributed by atoms with Crippen molar-refractivity contribution in [3.05, 3.63) is 228 Å². The van der Waals surface area contributed by atoms with Crippen LogP contribution in [0.5, 0.6) is 0 Å². The van der Waals surface area contributed by atoms with Gasteiger partial charge in [-0.05, 0) is 74.9 Å². The van der Waals surface area contributed by atoms with Crippen LogP contribution in [0.2, 0.25) is 0 Å². The van der Waals surface area contributed by atoms with Crippen molar-refractivity contribution in [2.75, 3.05) is 0 Å². The van der Waals surface area contributed by atoms with Gasteiger partial charge in [-0.15, -0.1) is 74.6 Å². The third kappa shape index (κ3) is 8.73. The van der Waals surface area contributed by atoms with Crippen molar-refractivity contribution in [3.8, 4) is 55.6 Å². The second-order valence-electron chi connectivity index (χ2n) is 16.5. The fourth-order valence-corrected chi connectivity index (χ4v) is 10.2. The zero-order valence-corrected chi connectivity index (χ0v) is 39.9. The van der Waals surface area contributed by atoms with Crippen LogP contribution in [0.3, 0.4) is 0 Å². The quantitative estimate of drug-likeness (QED) is 0.122. The largest absolute Gasteiger partial charge is 3.00 e. The number of benzene rings is 8. The number of hydrogen-bond acceptors (Lipinski definition) is 0. The summed E-state index contributed by atoms with van der Waals surface area (Å²) >= 11 is 0. The van der Waals surface area contributed by atoms with Crippen LogP contribution >= 0.6 is 0 Å². The summed E-state index contributed by atoms with van der Waals surface area (Å²) in [5.74, 6) is 0. The standard InChI is InChI=1S/2C24H21.C12H7Si.Zr/c2*1-16-12-17(2)18(3)23(13-16)22-11-7-10-20-14-21(15-24(20)22)19-8-5-4-6-9-19;1-3-7-11-9(5-1)10-6-2-4-8-12(10)13-11;/h2*4-15H,1-3H3;1-7H;/q3*-1;+3. The molecule has 10 aromatic carbocycles. The second-order valence-corrected chi connectivity index (χ2v) is 17.8. The molecule has 297 valence electrons. The summed E-state index contributed by atoms with van der Waals surface area (Å²) in [5.41, 5.74) is 21.4. The summed E-state index contributed by atoms with van der Waals surface area (Å²) in [5, 5.41) is 8.12. The van der Waals surface area contributed by atoms with Gasteiger partial charge in [-0.25, -0.2) is 0 Å². The van der Waals surface area contributed by atoms with Gasteiger partial charge in [0, 0.05) is 0 Å². The first-order valence-corrected chi connectivity index (χ1v) is 22.2. The van der Waals surface area contributed by atoms with Crippen LogP contribution in [0.25, 0.3) is 77.2 Å². The van der Waals surface area contributed by atoms with Crippen LogP contribution in [0.4, 0.5) is 0 Å². The Bertz CT molecular complexity index is 2950. The first-order chi connectivity index (χ1) is 29.7. The third-order valence-electron chi connectivity index (χ3n) is 12.3. The summed E-state index contributed by atoms with van der Waals surface area (Å²) in [4.78, 5) is 0. The summed E-state index contributed by atoms with van der Waals surface area (Å²) in [7, 11) is 0.795. The Kier molecular flexibility index (Phi) is 12.8. The number of aryl methyl sites for hydroxylation is 4. The molecule has 0 unspecified atom stereocenters. The molecule has 0 bridgehead atoms. The maximum absolute atomic E-state index is 3.31. The van der Waals surface area contributed by atoms with Crippen molar-refractivity contribution in [2.45, 2.75) is 41.5 Å². The molecule has 0 amide bonds. The Hall–Kier alpha value is -5.92. The fraction of sp³-hybridized carbons (Fsp3) is 0.100. The van der Waals surface area contributed by atoms with Gasteiger partial charge in [0.05, 0.1) is 9.52 Å². The van der Waals surface area contributed by atoms with E-state index in [1.165, 1.54) is 121 Å². The predicted octanol–water partition coefficient (Wildman–Crippen LogP) is 14.8. The van der Waals surface area contributed by atoms with E-state index in [0.29, 0.717) is 0 Å². The van der Waals surface area contributed by atoms with E-state index < -0.39 is 0 Å². The summed E-state index contributed by atoms with van der Waals surface area (Å²) < 4.78 is 0. The zero-order chi connectivity index (χ0) is 42.0. The van der Waals surface area contributed by atoms with E-state index in [-0.39, 0.29) is 26.2 Å². The summed E-state index contributed by atoms with van der Waals surface area (Å²) in [6.45, 7) is 13.2. The molecule has 0 spiro atoms. The van der Waals surface area contributed by atoms with E-state index in [0.717, 1.165) is 9.52 Å². The van der Waals surface area contributed by atoms with Gasteiger partial charge in [0.25, 0.3) is 0 Å². The van der Waals surface area contributed by atoms with Crippen LogP contribution in [0.1, 0.15) is 33.4 Å². The summed E-state index contributed by atoms with van der Waals surface area (Å²) in [6, 6.07) is 71.1. The molecular weight excluding hydrogens is 840 g/mol. The Balaban J connectivity index is 0.000000132. The molecule has 62 heavy (non-hydrogen) atoms. The Labute approximate surface area is 389 Å². The van der Waals surface area contributed by atoms with E-state index in [2.05, 4.69) is 230 Å². The molecule has 0 N–H and O–H groups in total. The fourth-order valence-electron chi connectivity index (χ4n) is 8.90. The molecule has 0 aromatic heterocycles. The van der Waals surface area contributed by atoms with E-state index in [1.54, 1.807) is 0 Å². The smallest absolute Gasteiger partial charge is 0.184 e. The third-order valence-corrected chi connectivity index (χ3v) is 13.6. The zero-order valence-electron chi connectivity index (χ0n) is 36.4. The number of fused-ring (bicyclic) bond motifs is 5. The maximum Gasteiger partial charge on any atom is 3.00 e. The van der Waals surface area contributed by atoms with Crippen molar-refractivity contribution in [3.63, 3.8) is 0 Å². The van der Waals surface area contributed by atoms with Crippen LogP contribution in [-0.2, 0) is 26.2 Å². The van der Waals surface area contributed by atoms with E-state index in [9.17, 15) is 0 Å². The van der Waals surface area contributed by atoms with Gasteiger partial charge < -0.3 is 0 Å². The molecule has 0 nitrogen and oxygen atoms in total. The molecule has 0 aliphatic carbocycles. The second kappa shape index (κ2) is 18.6. The average molecular weight is 889 g/mol. The first kappa shape index (κ1) is 42.8. The molecule has 0 atom stereocenters. The van der Waals surface area contributed by atoms with Crippen molar-refractivity contribution >= 4 is 41.4 Å². The van der Waals surface area contributed by atoms with E-state index >= 15 is 0 Å². The van der Waals surface area contributed by atoms with Gasteiger partial charge in [-0.3, -0.25) is 0 Å². The van der Waals surface area contributed by atoms with Crippen molar-refractivity contribution in [1.29, 1.82) is 0 Å². The Morgan fingerprint density at radius 3 is 1.37 bits per heavy atom. The topological polar surface area (TPSA) is 0 Å². The van der Waals surface area contributed by atoms with E-state index in [4.69, 9.17) is 0 Å². The minimum absolute atomic E-state index is 0. The average Bonchev–Trinajstić information content (AvgIpc) is 4.03. The molecule has 1 heterocycles. The van der Waals surface area contributed by atoms with Gasteiger partial charge in [0.2, 0.25) is 0 Å². The molecule has 11 rings (SSSR count). The molecule has 10 aromatic rings. The van der Waals surface area contributed by atoms with Crippen molar-refractivity contribution in [2.24, 2.45) is 0 Å².